The molecule has 0 atom stereocenters. The minimum atomic E-state index is -0.0968. The lowest BCUT2D eigenvalue weighted by Crippen LogP contribution is -3.06. The van der Waals surface area contributed by atoms with E-state index in [-0.39, 0.29) is 11.7 Å². The van der Waals surface area contributed by atoms with Crippen LogP contribution in [0.4, 0.5) is 5.13 Å². The van der Waals surface area contributed by atoms with Gasteiger partial charge in [-0.2, -0.15) is 0 Å². The summed E-state index contributed by atoms with van der Waals surface area (Å²) in [5.74, 6) is -0.108. The number of benzene rings is 2. The molecule has 0 aliphatic carbocycles. The zero-order valence-corrected chi connectivity index (χ0v) is 18.1. The molecular weight excluding hydrogens is 390 g/mol. The molecule has 0 spiro atoms. The van der Waals surface area contributed by atoms with Crippen LogP contribution < -0.4 is 9.80 Å². The predicted octanol–water partition coefficient (Wildman–Crippen LogP) is 3.01. The van der Waals surface area contributed by atoms with Crippen molar-refractivity contribution in [3.05, 3.63) is 53.6 Å². The number of rotatable bonds is 7. The number of carbonyl (C=O) groups excluding carboxylic acids is 2. The number of carbonyl (C=O) groups is 2. The van der Waals surface area contributed by atoms with E-state index in [2.05, 4.69) is 20.2 Å². The molecule has 0 radical (unpaired) electrons. The first-order valence-corrected chi connectivity index (χ1v) is 11.1. The molecule has 0 saturated heterocycles. The molecule has 1 heterocycles. The van der Waals surface area contributed by atoms with Crippen molar-refractivity contribution < 1.29 is 14.5 Å². The fourth-order valence-electron chi connectivity index (χ4n) is 2.76. The molecule has 1 aromatic heterocycles. The number of likely N-dealkylation sites (N-methyl/N-ethyl adjacent to an activating group) is 1. The zero-order valence-electron chi connectivity index (χ0n) is 16.5. The predicted molar refractivity (Wildman–Crippen MR) is 117 cm³/mol. The Hall–Kier alpha value is -2.22. The Morgan fingerprint density at radius 2 is 1.79 bits per heavy atom. The first kappa shape index (κ1) is 20.5. The standard InChI is InChI=1S/C21H23N3O2S2/c1-14(25)15-5-7-16(8-6-15)20(26)24(12-11-23(2)3)21-22-18-10-9-17(27-4)13-19(18)28-21/h5-10,13H,11-12H2,1-4H3/p+1. The third kappa shape index (κ3) is 4.60. The molecule has 146 valence electrons. The molecule has 3 rings (SSSR count). The third-order valence-corrected chi connectivity index (χ3v) is 6.20. The Balaban J connectivity index is 1.95. The normalized spacial score (nSPS) is 11.2. The molecular formula is C21H24N3O2S2+. The highest BCUT2D eigenvalue weighted by Gasteiger charge is 2.22. The summed E-state index contributed by atoms with van der Waals surface area (Å²) in [6.07, 6.45) is 2.05. The van der Waals surface area contributed by atoms with Crippen LogP contribution in [0.1, 0.15) is 27.6 Å². The summed E-state index contributed by atoms with van der Waals surface area (Å²) in [5, 5.41) is 0.704. The molecule has 2 aromatic carbocycles. The first-order chi connectivity index (χ1) is 13.4. The average Bonchev–Trinajstić information content (AvgIpc) is 3.10. The van der Waals surface area contributed by atoms with Crippen LogP contribution in [0.5, 0.6) is 0 Å². The van der Waals surface area contributed by atoms with Gasteiger partial charge in [-0.3, -0.25) is 14.5 Å². The second-order valence-corrected chi connectivity index (χ2v) is 8.77. The molecule has 0 unspecified atom stereocenters. The monoisotopic (exact) mass is 414 g/mol. The Morgan fingerprint density at radius 3 is 2.39 bits per heavy atom. The number of ketones is 1. The topological polar surface area (TPSA) is 54.7 Å². The maximum Gasteiger partial charge on any atom is 0.260 e. The lowest BCUT2D eigenvalue weighted by Gasteiger charge is -2.20. The second-order valence-electron chi connectivity index (χ2n) is 6.88. The number of anilines is 1. The van der Waals surface area contributed by atoms with E-state index < -0.39 is 0 Å². The number of nitrogens with one attached hydrogen (secondary N) is 1. The largest absolute Gasteiger partial charge is 0.338 e. The zero-order chi connectivity index (χ0) is 20.3. The minimum absolute atomic E-state index is 0.0113. The van der Waals surface area contributed by atoms with Crippen LogP contribution in [0.2, 0.25) is 0 Å². The summed E-state index contributed by atoms with van der Waals surface area (Å²) in [5.41, 5.74) is 2.06. The molecule has 0 saturated carbocycles. The molecule has 5 nitrogen and oxygen atoms in total. The van der Waals surface area contributed by atoms with Crippen LogP contribution in [0, 0.1) is 0 Å². The quantitative estimate of drug-likeness (QED) is 0.477. The van der Waals surface area contributed by atoms with Gasteiger partial charge in [-0.05, 0) is 43.5 Å². The van der Waals surface area contributed by atoms with Gasteiger partial charge in [-0.1, -0.05) is 23.5 Å². The summed E-state index contributed by atoms with van der Waals surface area (Å²) in [6.45, 7) is 2.90. The Labute approximate surface area is 173 Å². The van der Waals surface area contributed by atoms with Crippen LogP contribution in [0.25, 0.3) is 10.2 Å². The van der Waals surface area contributed by atoms with E-state index in [4.69, 9.17) is 4.98 Å². The van der Waals surface area contributed by atoms with E-state index in [0.717, 1.165) is 16.8 Å². The van der Waals surface area contributed by atoms with Crippen molar-refractivity contribution in [1.82, 2.24) is 4.98 Å². The third-order valence-electron chi connectivity index (χ3n) is 4.43. The lowest BCUT2D eigenvalue weighted by atomic mass is 10.1. The number of fused-ring (bicyclic) bond motifs is 1. The van der Waals surface area contributed by atoms with Crippen molar-refractivity contribution in [1.29, 1.82) is 0 Å². The van der Waals surface area contributed by atoms with Gasteiger partial charge < -0.3 is 4.90 Å². The van der Waals surface area contributed by atoms with Gasteiger partial charge in [-0.25, -0.2) is 4.98 Å². The van der Waals surface area contributed by atoms with E-state index in [1.165, 1.54) is 28.1 Å². The number of quaternary nitrogens is 1. The molecule has 1 N–H and O–H groups in total. The summed E-state index contributed by atoms with van der Waals surface area (Å²) >= 11 is 3.22. The van der Waals surface area contributed by atoms with E-state index in [0.29, 0.717) is 22.8 Å². The van der Waals surface area contributed by atoms with E-state index in [9.17, 15) is 9.59 Å². The Kier molecular flexibility index (Phi) is 6.49. The van der Waals surface area contributed by atoms with Crippen molar-refractivity contribution in [3.8, 4) is 0 Å². The number of thioether (sulfide) groups is 1. The minimum Gasteiger partial charge on any atom is -0.338 e. The number of amides is 1. The van der Waals surface area contributed by atoms with E-state index in [1.807, 2.05) is 18.4 Å². The SMILES string of the molecule is CSc1ccc2nc(N(CC[NH+](C)C)C(=O)c3ccc(C(C)=O)cc3)sc2c1. The van der Waals surface area contributed by atoms with Gasteiger partial charge in [0.1, 0.15) is 0 Å². The number of hydrogen-bond acceptors (Lipinski definition) is 5. The molecule has 28 heavy (non-hydrogen) atoms. The maximum absolute atomic E-state index is 13.2. The summed E-state index contributed by atoms with van der Waals surface area (Å²) in [7, 11) is 4.13. The number of aromatic nitrogens is 1. The molecule has 1 amide bonds. The molecule has 7 heteroatoms. The molecule has 0 bridgehead atoms. The van der Waals surface area contributed by atoms with Gasteiger partial charge >= 0.3 is 0 Å². The second kappa shape index (κ2) is 8.86. The van der Waals surface area contributed by atoms with Crippen LogP contribution in [-0.4, -0.2) is 50.1 Å². The van der Waals surface area contributed by atoms with Gasteiger partial charge in [-0.15, -0.1) is 11.8 Å². The lowest BCUT2D eigenvalue weighted by molar-refractivity contribution is -0.856. The fraction of sp³-hybridized carbons (Fsp3) is 0.286. The van der Waals surface area contributed by atoms with Crippen molar-refractivity contribution in [2.24, 2.45) is 0 Å². The smallest absolute Gasteiger partial charge is 0.260 e. The number of Topliss-reactive ketones (excluding diaryl/α,β-unsaturated/α-hetero) is 1. The Morgan fingerprint density at radius 1 is 1.11 bits per heavy atom. The summed E-state index contributed by atoms with van der Waals surface area (Å²) < 4.78 is 1.07. The first-order valence-electron chi connectivity index (χ1n) is 9.05. The van der Waals surface area contributed by atoms with Crippen LogP contribution >= 0.6 is 23.1 Å². The molecule has 3 aromatic rings. The van der Waals surface area contributed by atoms with Crippen LogP contribution in [-0.2, 0) is 0 Å². The highest BCUT2D eigenvalue weighted by molar-refractivity contribution is 7.98. The highest BCUT2D eigenvalue weighted by Crippen LogP contribution is 2.32. The number of nitrogens with zero attached hydrogens (tertiary/aromatic N) is 2. The van der Waals surface area contributed by atoms with Gasteiger partial charge in [0.15, 0.2) is 10.9 Å². The number of hydrogen-bond donors (Lipinski definition) is 1. The van der Waals surface area contributed by atoms with Gasteiger partial charge in [0, 0.05) is 16.0 Å². The van der Waals surface area contributed by atoms with Gasteiger partial charge in [0.25, 0.3) is 5.91 Å². The Bertz CT molecular complexity index is 997. The highest BCUT2D eigenvalue weighted by atomic mass is 32.2. The van der Waals surface area contributed by atoms with Crippen molar-refractivity contribution >= 4 is 50.1 Å². The fourth-order valence-corrected chi connectivity index (χ4v) is 4.30. The number of thiazole rings is 1. The van der Waals surface area contributed by atoms with E-state index in [1.54, 1.807) is 40.9 Å². The van der Waals surface area contributed by atoms with Crippen LogP contribution in [0.3, 0.4) is 0 Å². The van der Waals surface area contributed by atoms with Crippen molar-refractivity contribution in [2.45, 2.75) is 11.8 Å². The van der Waals surface area contributed by atoms with Crippen LogP contribution in [0.15, 0.2) is 47.4 Å². The van der Waals surface area contributed by atoms with E-state index >= 15 is 0 Å². The maximum atomic E-state index is 13.2. The van der Waals surface area contributed by atoms with Crippen molar-refractivity contribution in [3.63, 3.8) is 0 Å². The molecule has 0 fully saturated rings. The van der Waals surface area contributed by atoms with Gasteiger partial charge in [0.05, 0.1) is 37.4 Å². The molecule has 0 aliphatic heterocycles. The molecule has 0 aliphatic rings. The van der Waals surface area contributed by atoms with Crippen molar-refractivity contribution in [2.75, 3.05) is 38.3 Å². The summed E-state index contributed by atoms with van der Waals surface area (Å²) in [4.78, 5) is 33.6. The van der Waals surface area contributed by atoms with Gasteiger partial charge in [0.2, 0.25) is 0 Å². The summed E-state index contributed by atoms with van der Waals surface area (Å²) in [6, 6.07) is 13.0. The average molecular weight is 415 g/mol.